The number of halogens is 1. The molecule has 0 saturated carbocycles. The molecule has 1 amide bonds. The monoisotopic (exact) mass is 472 g/mol. The zero-order valence-electron chi connectivity index (χ0n) is 15.2. The van der Waals surface area contributed by atoms with Crippen LogP contribution < -0.4 is 5.32 Å². The molecule has 1 aliphatic rings. The van der Waals surface area contributed by atoms with Crippen LogP contribution in [0.15, 0.2) is 33.8 Å². The summed E-state index contributed by atoms with van der Waals surface area (Å²) in [4.78, 5) is 21.5. The second-order valence-electron chi connectivity index (χ2n) is 6.87. The number of fused-ring (bicyclic) bond motifs is 2. The molecule has 4 rings (SSSR count). The normalized spacial score (nSPS) is 15.8. The standard InChI is InChI=1S/C20H17BrN4OS2/c1-11-2-4-15-12(6-11)7-13(9-22)19(23-15)27-10-18(26)25-20-24-16-5-3-14(21)8-17(16)28-20/h3,5,7-8,11H,2,4,6,10H2,1H3,(H,24,25,26). The molecule has 8 heteroatoms. The van der Waals surface area contributed by atoms with Crippen LogP contribution in [0.4, 0.5) is 5.13 Å². The van der Waals surface area contributed by atoms with Gasteiger partial charge in [-0.1, -0.05) is 46.0 Å². The Morgan fingerprint density at radius 2 is 2.29 bits per heavy atom. The molecule has 3 aromatic rings. The van der Waals surface area contributed by atoms with E-state index in [1.54, 1.807) is 0 Å². The molecule has 0 radical (unpaired) electrons. The molecule has 1 N–H and O–H groups in total. The van der Waals surface area contributed by atoms with Gasteiger partial charge in [0.1, 0.15) is 11.1 Å². The molecule has 1 aliphatic carbocycles. The van der Waals surface area contributed by atoms with E-state index in [0.29, 0.717) is 21.6 Å². The predicted molar refractivity (Wildman–Crippen MR) is 117 cm³/mol. The first-order valence-electron chi connectivity index (χ1n) is 8.93. The second kappa shape index (κ2) is 8.19. The molecule has 0 saturated heterocycles. The first-order chi connectivity index (χ1) is 13.5. The highest BCUT2D eigenvalue weighted by atomic mass is 79.9. The van der Waals surface area contributed by atoms with Crippen LogP contribution in [0.2, 0.25) is 0 Å². The van der Waals surface area contributed by atoms with Crippen LogP contribution in [-0.2, 0) is 17.6 Å². The van der Waals surface area contributed by atoms with Gasteiger partial charge in [0.2, 0.25) is 5.91 Å². The lowest BCUT2D eigenvalue weighted by Crippen LogP contribution is -2.16. The number of pyridine rings is 1. The topological polar surface area (TPSA) is 78.7 Å². The molecular weight excluding hydrogens is 456 g/mol. The predicted octanol–water partition coefficient (Wildman–Crippen LogP) is 5.18. The Bertz CT molecular complexity index is 1110. The number of aromatic nitrogens is 2. The van der Waals surface area contributed by atoms with Gasteiger partial charge in [0.05, 0.1) is 21.5 Å². The van der Waals surface area contributed by atoms with Crippen molar-refractivity contribution in [1.82, 2.24) is 9.97 Å². The van der Waals surface area contributed by atoms with E-state index >= 15 is 0 Å². The van der Waals surface area contributed by atoms with E-state index in [1.165, 1.54) is 28.7 Å². The minimum Gasteiger partial charge on any atom is -0.301 e. The van der Waals surface area contributed by atoms with Crippen molar-refractivity contribution in [3.63, 3.8) is 0 Å². The number of anilines is 1. The number of carbonyl (C=O) groups is 1. The second-order valence-corrected chi connectivity index (χ2v) is 9.78. The third kappa shape index (κ3) is 4.22. The van der Waals surface area contributed by atoms with E-state index in [0.717, 1.165) is 39.6 Å². The Hall–Kier alpha value is -1.95. The van der Waals surface area contributed by atoms with Gasteiger partial charge in [0, 0.05) is 10.2 Å². The summed E-state index contributed by atoms with van der Waals surface area (Å²) in [6.45, 7) is 2.22. The first kappa shape index (κ1) is 19.4. The summed E-state index contributed by atoms with van der Waals surface area (Å²) in [6, 6.07) is 10.00. The van der Waals surface area contributed by atoms with Crippen LogP contribution in [0.3, 0.4) is 0 Å². The Morgan fingerprint density at radius 3 is 3.11 bits per heavy atom. The fourth-order valence-electron chi connectivity index (χ4n) is 3.26. The molecule has 1 unspecified atom stereocenters. The van der Waals surface area contributed by atoms with Gasteiger partial charge in [0.15, 0.2) is 5.13 Å². The number of thiazole rings is 1. The van der Waals surface area contributed by atoms with Gasteiger partial charge in [-0.2, -0.15) is 5.26 Å². The number of hydrogen-bond acceptors (Lipinski definition) is 6. The maximum absolute atomic E-state index is 12.4. The smallest absolute Gasteiger partial charge is 0.236 e. The summed E-state index contributed by atoms with van der Waals surface area (Å²) < 4.78 is 1.99. The Morgan fingerprint density at radius 1 is 1.43 bits per heavy atom. The lowest BCUT2D eigenvalue weighted by atomic mass is 9.87. The minimum atomic E-state index is -0.153. The molecule has 0 bridgehead atoms. The van der Waals surface area contributed by atoms with Crippen LogP contribution in [0.25, 0.3) is 10.2 Å². The van der Waals surface area contributed by atoms with Gasteiger partial charge >= 0.3 is 0 Å². The summed E-state index contributed by atoms with van der Waals surface area (Å²) in [6.07, 6.45) is 3.02. The molecule has 28 heavy (non-hydrogen) atoms. The number of aryl methyl sites for hydroxylation is 1. The fourth-order valence-corrected chi connectivity index (χ4v) is 5.47. The van der Waals surface area contributed by atoms with Crippen molar-refractivity contribution in [2.45, 2.75) is 31.2 Å². The highest BCUT2D eigenvalue weighted by molar-refractivity contribution is 9.10. The lowest BCUT2D eigenvalue weighted by molar-refractivity contribution is -0.113. The summed E-state index contributed by atoms with van der Waals surface area (Å²) in [5.74, 6) is 0.663. The zero-order valence-corrected chi connectivity index (χ0v) is 18.4. The van der Waals surface area contributed by atoms with E-state index in [4.69, 9.17) is 0 Å². The minimum absolute atomic E-state index is 0.153. The van der Waals surface area contributed by atoms with Crippen molar-refractivity contribution in [2.75, 3.05) is 11.1 Å². The zero-order chi connectivity index (χ0) is 19.7. The molecule has 0 fully saturated rings. The fraction of sp³-hybridized carbons (Fsp3) is 0.300. The first-order valence-corrected chi connectivity index (χ1v) is 11.5. The highest BCUT2D eigenvalue weighted by Gasteiger charge is 2.20. The average molecular weight is 473 g/mol. The number of hydrogen-bond donors (Lipinski definition) is 1. The third-order valence-electron chi connectivity index (χ3n) is 4.66. The summed E-state index contributed by atoms with van der Waals surface area (Å²) in [5.41, 5.74) is 3.64. The van der Waals surface area contributed by atoms with Gasteiger partial charge in [-0.3, -0.25) is 4.79 Å². The SMILES string of the molecule is CC1CCc2nc(SCC(=O)Nc3nc4ccc(Br)cc4s3)c(C#N)cc2C1. The van der Waals surface area contributed by atoms with Crippen molar-refractivity contribution < 1.29 is 4.79 Å². The summed E-state index contributed by atoms with van der Waals surface area (Å²) >= 11 is 6.18. The number of rotatable bonds is 4. The molecule has 2 heterocycles. The Labute approximate surface area is 179 Å². The molecule has 0 spiro atoms. The van der Waals surface area contributed by atoms with Crippen molar-refractivity contribution in [1.29, 1.82) is 5.26 Å². The van der Waals surface area contributed by atoms with E-state index in [2.05, 4.69) is 44.2 Å². The molecule has 5 nitrogen and oxygen atoms in total. The number of nitriles is 1. The third-order valence-corrected chi connectivity index (χ3v) is 7.07. The molecule has 142 valence electrons. The van der Waals surface area contributed by atoms with Gasteiger partial charge in [-0.15, -0.1) is 0 Å². The number of thioether (sulfide) groups is 1. The number of nitrogens with one attached hydrogen (secondary N) is 1. The number of benzene rings is 1. The van der Waals surface area contributed by atoms with Crippen LogP contribution >= 0.6 is 39.0 Å². The van der Waals surface area contributed by atoms with Crippen molar-refractivity contribution >= 4 is 60.3 Å². The van der Waals surface area contributed by atoms with Gasteiger partial charge in [0.25, 0.3) is 0 Å². The van der Waals surface area contributed by atoms with E-state index < -0.39 is 0 Å². The summed E-state index contributed by atoms with van der Waals surface area (Å²) in [7, 11) is 0. The Kier molecular flexibility index (Phi) is 5.67. The van der Waals surface area contributed by atoms with Gasteiger partial charge in [-0.05, 0) is 55.0 Å². The molecular formula is C20H17BrN4OS2. The van der Waals surface area contributed by atoms with E-state index in [9.17, 15) is 10.1 Å². The van der Waals surface area contributed by atoms with Crippen molar-refractivity contribution in [3.8, 4) is 6.07 Å². The molecule has 2 aromatic heterocycles. The van der Waals surface area contributed by atoms with Crippen LogP contribution in [0.5, 0.6) is 0 Å². The quantitative estimate of drug-likeness (QED) is 0.529. The van der Waals surface area contributed by atoms with Crippen LogP contribution in [0.1, 0.15) is 30.2 Å². The number of amides is 1. The number of carbonyl (C=O) groups excluding carboxylic acids is 1. The van der Waals surface area contributed by atoms with Gasteiger partial charge in [-0.25, -0.2) is 9.97 Å². The average Bonchev–Trinajstić information content (AvgIpc) is 3.06. The Balaban J connectivity index is 1.45. The maximum atomic E-state index is 12.4. The largest absolute Gasteiger partial charge is 0.301 e. The lowest BCUT2D eigenvalue weighted by Gasteiger charge is -2.21. The molecule has 1 atom stereocenters. The van der Waals surface area contributed by atoms with E-state index in [-0.39, 0.29) is 11.7 Å². The van der Waals surface area contributed by atoms with Crippen molar-refractivity contribution in [3.05, 3.63) is 45.6 Å². The molecule has 1 aromatic carbocycles. The van der Waals surface area contributed by atoms with Crippen LogP contribution in [0, 0.1) is 17.2 Å². The molecule has 0 aliphatic heterocycles. The van der Waals surface area contributed by atoms with E-state index in [1.807, 2.05) is 24.3 Å². The summed E-state index contributed by atoms with van der Waals surface area (Å²) in [5, 5.41) is 13.5. The highest BCUT2D eigenvalue weighted by Crippen LogP contribution is 2.31. The van der Waals surface area contributed by atoms with Crippen LogP contribution in [-0.4, -0.2) is 21.6 Å². The maximum Gasteiger partial charge on any atom is 0.236 e. The number of nitrogens with zero attached hydrogens (tertiary/aromatic N) is 3. The van der Waals surface area contributed by atoms with Gasteiger partial charge < -0.3 is 5.32 Å². The van der Waals surface area contributed by atoms with Crippen molar-refractivity contribution in [2.24, 2.45) is 5.92 Å².